The van der Waals surface area contributed by atoms with Gasteiger partial charge in [-0.25, -0.2) is 8.42 Å². The molecule has 3 aromatic rings. The zero-order valence-corrected chi connectivity index (χ0v) is 16.4. The molecule has 5 rings (SSSR count). The molecule has 28 heavy (non-hydrogen) atoms. The number of aromatic nitrogens is 1. The number of para-hydroxylation sites is 1. The maximum atomic E-state index is 12.9. The van der Waals surface area contributed by atoms with Crippen LogP contribution in [0.1, 0.15) is 6.42 Å². The predicted octanol–water partition coefficient (Wildman–Crippen LogP) is 3.11. The van der Waals surface area contributed by atoms with Crippen molar-refractivity contribution in [3.63, 3.8) is 0 Å². The van der Waals surface area contributed by atoms with E-state index in [1.807, 2.05) is 18.2 Å². The number of fused-ring (bicyclic) bond motifs is 2. The van der Waals surface area contributed by atoms with Crippen LogP contribution in [0, 0.1) is 11.8 Å². The molecule has 1 N–H and O–H groups in total. The Morgan fingerprint density at radius 2 is 1.79 bits per heavy atom. The zero-order chi connectivity index (χ0) is 19.1. The van der Waals surface area contributed by atoms with Crippen molar-refractivity contribution >= 4 is 26.4 Å². The van der Waals surface area contributed by atoms with Gasteiger partial charge in [-0.2, -0.15) is 0 Å². The van der Waals surface area contributed by atoms with Crippen LogP contribution in [0.25, 0.3) is 10.9 Å². The molecular weight excluding hydrogens is 370 g/mol. The SMILES string of the molecule is O=S(=O)(c1ccccc1)c1cnc2c(N3CC4CCNCC4C3)cccc2c1. The smallest absolute Gasteiger partial charge is 0.208 e. The van der Waals surface area contributed by atoms with Gasteiger partial charge in [-0.15, -0.1) is 0 Å². The first-order valence-corrected chi connectivity index (χ1v) is 11.3. The highest BCUT2D eigenvalue weighted by Crippen LogP contribution is 2.35. The molecule has 2 unspecified atom stereocenters. The molecular formula is C22H23N3O2S. The first kappa shape index (κ1) is 17.6. The second-order valence-corrected chi connectivity index (χ2v) is 9.70. The van der Waals surface area contributed by atoms with Crippen LogP contribution in [0.15, 0.2) is 70.6 Å². The molecule has 2 aromatic carbocycles. The van der Waals surface area contributed by atoms with E-state index in [1.165, 1.54) is 12.6 Å². The van der Waals surface area contributed by atoms with Gasteiger partial charge in [-0.05, 0) is 55.6 Å². The van der Waals surface area contributed by atoms with Crippen LogP contribution < -0.4 is 10.2 Å². The average molecular weight is 394 g/mol. The standard InChI is InChI=1S/C22H23N3O2S/c26-28(27,19-6-2-1-3-7-19)20-11-16-5-4-8-21(22(16)24-13-20)25-14-17-9-10-23-12-18(17)15-25/h1-8,11,13,17-18,23H,9-10,12,14-15H2. The van der Waals surface area contributed by atoms with Gasteiger partial charge in [0.25, 0.3) is 0 Å². The lowest BCUT2D eigenvalue weighted by Gasteiger charge is -2.23. The quantitative estimate of drug-likeness (QED) is 0.741. The Balaban J connectivity index is 1.53. The Bertz CT molecular complexity index is 1100. The summed E-state index contributed by atoms with van der Waals surface area (Å²) in [7, 11) is -3.56. The second kappa shape index (κ2) is 6.87. The summed E-state index contributed by atoms with van der Waals surface area (Å²) < 4.78 is 25.9. The molecule has 1 aromatic heterocycles. The molecule has 3 heterocycles. The first-order valence-electron chi connectivity index (χ1n) is 9.77. The van der Waals surface area contributed by atoms with E-state index in [0.717, 1.165) is 48.7 Å². The summed E-state index contributed by atoms with van der Waals surface area (Å²) in [6.07, 6.45) is 2.72. The van der Waals surface area contributed by atoms with E-state index in [-0.39, 0.29) is 4.90 Å². The molecule has 0 saturated carbocycles. The van der Waals surface area contributed by atoms with E-state index in [2.05, 4.69) is 21.3 Å². The molecule has 2 fully saturated rings. The molecule has 144 valence electrons. The van der Waals surface area contributed by atoms with Crippen molar-refractivity contribution in [3.8, 4) is 0 Å². The van der Waals surface area contributed by atoms with Gasteiger partial charge >= 0.3 is 0 Å². The number of sulfone groups is 1. The van der Waals surface area contributed by atoms with Gasteiger partial charge in [-0.3, -0.25) is 4.98 Å². The molecule has 0 amide bonds. The number of hydrogen-bond acceptors (Lipinski definition) is 5. The third-order valence-electron chi connectivity index (χ3n) is 6.04. The second-order valence-electron chi connectivity index (χ2n) is 7.75. The summed E-state index contributed by atoms with van der Waals surface area (Å²) in [5.41, 5.74) is 1.98. The van der Waals surface area contributed by atoms with Crippen molar-refractivity contribution in [2.24, 2.45) is 11.8 Å². The highest BCUT2D eigenvalue weighted by molar-refractivity contribution is 7.91. The summed E-state index contributed by atoms with van der Waals surface area (Å²) in [5.74, 6) is 1.41. The lowest BCUT2D eigenvalue weighted by molar-refractivity contribution is 0.318. The van der Waals surface area contributed by atoms with Crippen molar-refractivity contribution in [2.75, 3.05) is 31.1 Å². The van der Waals surface area contributed by atoms with Crippen LogP contribution in [0.5, 0.6) is 0 Å². The van der Waals surface area contributed by atoms with E-state index in [1.54, 1.807) is 30.3 Å². The zero-order valence-electron chi connectivity index (χ0n) is 15.6. The Morgan fingerprint density at radius 1 is 0.964 bits per heavy atom. The average Bonchev–Trinajstić information content (AvgIpc) is 3.17. The molecule has 0 spiro atoms. The molecule has 6 heteroatoms. The van der Waals surface area contributed by atoms with E-state index < -0.39 is 9.84 Å². The topological polar surface area (TPSA) is 62.3 Å². The maximum absolute atomic E-state index is 12.9. The monoisotopic (exact) mass is 393 g/mol. The fraction of sp³-hybridized carbons (Fsp3) is 0.318. The number of hydrogen-bond donors (Lipinski definition) is 1. The molecule has 0 bridgehead atoms. The Kier molecular flexibility index (Phi) is 4.33. The number of nitrogens with zero attached hydrogens (tertiary/aromatic N) is 2. The van der Waals surface area contributed by atoms with Crippen LogP contribution in [-0.2, 0) is 9.84 Å². The van der Waals surface area contributed by atoms with Crippen molar-refractivity contribution in [1.82, 2.24) is 10.3 Å². The molecule has 2 aliphatic heterocycles. The van der Waals surface area contributed by atoms with Gasteiger partial charge in [0.05, 0.1) is 21.0 Å². The summed E-state index contributed by atoms with van der Waals surface area (Å²) >= 11 is 0. The third-order valence-corrected chi connectivity index (χ3v) is 7.78. The molecule has 2 atom stereocenters. The van der Waals surface area contributed by atoms with E-state index >= 15 is 0 Å². The Morgan fingerprint density at radius 3 is 2.61 bits per heavy atom. The minimum absolute atomic E-state index is 0.239. The molecule has 0 aliphatic carbocycles. The van der Waals surface area contributed by atoms with Gasteiger partial charge < -0.3 is 10.2 Å². The summed E-state index contributed by atoms with van der Waals surface area (Å²) in [6.45, 7) is 4.27. The minimum atomic E-state index is -3.56. The summed E-state index contributed by atoms with van der Waals surface area (Å²) in [4.78, 5) is 7.55. The fourth-order valence-corrected chi connectivity index (χ4v) is 5.79. The first-order chi connectivity index (χ1) is 13.6. The summed E-state index contributed by atoms with van der Waals surface area (Å²) in [6, 6.07) is 16.3. The van der Waals surface area contributed by atoms with Crippen LogP contribution >= 0.6 is 0 Å². The minimum Gasteiger partial charge on any atom is -0.369 e. The number of benzene rings is 2. The van der Waals surface area contributed by atoms with Crippen molar-refractivity contribution in [2.45, 2.75) is 16.2 Å². The molecule has 2 aliphatic rings. The van der Waals surface area contributed by atoms with Crippen LogP contribution in [0.2, 0.25) is 0 Å². The summed E-state index contributed by atoms with van der Waals surface area (Å²) in [5, 5.41) is 4.36. The number of piperidine rings is 1. The van der Waals surface area contributed by atoms with Crippen LogP contribution in [0.3, 0.4) is 0 Å². The van der Waals surface area contributed by atoms with E-state index in [4.69, 9.17) is 0 Å². The van der Waals surface area contributed by atoms with E-state index in [0.29, 0.717) is 10.8 Å². The fourth-order valence-electron chi connectivity index (χ4n) is 4.53. The van der Waals surface area contributed by atoms with Crippen molar-refractivity contribution in [1.29, 1.82) is 0 Å². The number of rotatable bonds is 3. The molecule has 0 radical (unpaired) electrons. The Labute approximate surface area is 165 Å². The normalized spacial score (nSPS) is 22.4. The predicted molar refractivity (Wildman–Crippen MR) is 110 cm³/mol. The maximum Gasteiger partial charge on any atom is 0.208 e. The van der Waals surface area contributed by atoms with Crippen LogP contribution in [-0.4, -0.2) is 39.6 Å². The third kappa shape index (κ3) is 2.97. The van der Waals surface area contributed by atoms with Crippen molar-refractivity contribution < 1.29 is 8.42 Å². The van der Waals surface area contributed by atoms with Gasteiger partial charge in [-0.1, -0.05) is 30.3 Å². The largest absolute Gasteiger partial charge is 0.369 e. The van der Waals surface area contributed by atoms with Gasteiger partial charge in [0.1, 0.15) is 0 Å². The van der Waals surface area contributed by atoms with Gasteiger partial charge in [0.15, 0.2) is 0 Å². The molecule has 2 saturated heterocycles. The van der Waals surface area contributed by atoms with Gasteiger partial charge in [0.2, 0.25) is 9.84 Å². The van der Waals surface area contributed by atoms with Gasteiger partial charge in [0, 0.05) is 24.7 Å². The lowest BCUT2D eigenvalue weighted by Crippen LogP contribution is -2.35. The Hall–Kier alpha value is -2.44. The highest BCUT2D eigenvalue weighted by Gasteiger charge is 2.35. The van der Waals surface area contributed by atoms with Crippen molar-refractivity contribution in [3.05, 3.63) is 60.8 Å². The number of pyridine rings is 1. The number of nitrogens with one attached hydrogen (secondary N) is 1. The molecule has 5 nitrogen and oxygen atoms in total. The van der Waals surface area contributed by atoms with Crippen LogP contribution in [0.4, 0.5) is 5.69 Å². The lowest BCUT2D eigenvalue weighted by atomic mass is 9.90. The highest BCUT2D eigenvalue weighted by atomic mass is 32.2. The van der Waals surface area contributed by atoms with E-state index in [9.17, 15) is 8.42 Å². The number of anilines is 1.